The van der Waals surface area contributed by atoms with Gasteiger partial charge in [-0.05, 0) is 44.1 Å². The zero-order chi connectivity index (χ0) is 33.7. The third-order valence-electron chi connectivity index (χ3n) is 9.00. The monoisotopic (exact) mass is 647 g/mol. The van der Waals surface area contributed by atoms with Crippen LogP contribution in [0.4, 0.5) is 0 Å². The molecule has 16 heteroatoms. The van der Waals surface area contributed by atoms with Gasteiger partial charge in [-0.2, -0.15) is 0 Å². The second-order valence-corrected chi connectivity index (χ2v) is 11.6. The van der Waals surface area contributed by atoms with Crippen LogP contribution in [0.3, 0.4) is 0 Å². The Labute approximate surface area is 261 Å². The summed E-state index contributed by atoms with van der Waals surface area (Å²) in [6.45, 7) is 2.33. The summed E-state index contributed by atoms with van der Waals surface area (Å²) in [5.41, 5.74) is -0.762. The average molecular weight is 648 g/mol. The molecule has 5 rings (SSSR count). The Kier molecular flexibility index (Phi) is 8.46. The molecule has 1 aromatic carbocycles. The van der Waals surface area contributed by atoms with Crippen LogP contribution in [-0.2, 0) is 59.6 Å². The Hall–Kier alpha value is -4.70. The standard InChI is InChI=1S/C30H33NO15/c1-13(32)42-23(24(43-14(2)33)28(39)45-18(26(36)37)12-20(34)35)27(38)44-17-7-8-30(40)19-11-15-5-6-16(41-4)22-21(15)29(30,25(17)46-22)9-10-31(19)3/h5-7,18-19,23-25,40H,8-12H2,1-4H3,(H,34,35)(H,36,37)/t18-,19-,23+,24+,25-,29-,30+/m0/s1. The van der Waals surface area contributed by atoms with Crippen molar-refractivity contribution in [1.29, 1.82) is 0 Å². The van der Waals surface area contributed by atoms with Crippen LogP contribution in [0.15, 0.2) is 24.0 Å². The largest absolute Gasteiger partial charge is 0.493 e. The van der Waals surface area contributed by atoms with Crippen molar-refractivity contribution in [2.24, 2.45) is 0 Å². The first-order valence-corrected chi connectivity index (χ1v) is 14.4. The summed E-state index contributed by atoms with van der Waals surface area (Å²) in [4.78, 5) is 75.5. The fourth-order valence-electron chi connectivity index (χ4n) is 7.13. The van der Waals surface area contributed by atoms with Crippen LogP contribution in [-0.4, -0.2) is 113 Å². The zero-order valence-corrected chi connectivity index (χ0v) is 25.3. The number of ether oxygens (including phenoxy) is 6. The number of aliphatic carboxylic acids is 2. The minimum atomic E-state index is -2.38. The molecule has 0 aromatic heterocycles. The van der Waals surface area contributed by atoms with Crippen molar-refractivity contribution in [2.75, 3.05) is 20.7 Å². The quantitative estimate of drug-likeness (QED) is 0.210. The predicted octanol–water partition coefficient (Wildman–Crippen LogP) is -0.149. The van der Waals surface area contributed by atoms with Gasteiger partial charge in [-0.3, -0.25) is 14.4 Å². The molecule has 0 radical (unpaired) electrons. The third-order valence-corrected chi connectivity index (χ3v) is 9.00. The van der Waals surface area contributed by atoms with Gasteiger partial charge in [0, 0.05) is 31.9 Å². The molecule has 1 fully saturated rings. The van der Waals surface area contributed by atoms with E-state index < -0.39 is 77.7 Å². The minimum absolute atomic E-state index is 0.0314. The highest BCUT2D eigenvalue weighted by molar-refractivity contribution is 5.91. The number of hydrogen-bond acceptors (Lipinski definition) is 14. The highest BCUT2D eigenvalue weighted by Crippen LogP contribution is 2.65. The first-order chi connectivity index (χ1) is 21.6. The molecule has 2 heterocycles. The molecular weight excluding hydrogens is 614 g/mol. The van der Waals surface area contributed by atoms with Crippen molar-refractivity contribution in [3.05, 3.63) is 35.1 Å². The molecule has 2 bridgehead atoms. The second kappa shape index (κ2) is 11.9. The molecule has 1 spiro atoms. The number of likely N-dealkylation sites (N-methyl/N-ethyl adjacent to an activating group) is 1. The van der Waals surface area contributed by atoms with Gasteiger partial charge in [-0.1, -0.05) is 6.07 Å². The van der Waals surface area contributed by atoms with Crippen molar-refractivity contribution in [1.82, 2.24) is 4.90 Å². The van der Waals surface area contributed by atoms with E-state index in [4.69, 9.17) is 33.5 Å². The van der Waals surface area contributed by atoms with Crippen molar-refractivity contribution >= 4 is 35.8 Å². The van der Waals surface area contributed by atoms with Crippen LogP contribution < -0.4 is 9.47 Å². The summed E-state index contributed by atoms with van der Waals surface area (Å²) in [6.07, 6.45) is -6.71. The molecule has 0 saturated carbocycles. The van der Waals surface area contributed by atoms with Crippen LogP contribution in [0.5, 0.6) is 11.5 Å². The molecule has 3 N–H and O–H groups in total. The maximum atomic E-state index is 13.7. The number of methoxy groups -OCH3 is 1. The summed E-state index contributed by atoms with van der Waals surface area (Å²) >= 11 is 0. The van der Waals surface area contributed by atoms with Gasteiger partial charge < -0.3 is 48.6 Å². The zero-order valence-electron chi connectivity index (χ0n) is 25.3. The number of rotatable bonds is 11. The lowest BCUT2D eigenvalue weighted by Gasteiger charge is -2.61. The van der Waals surface area contributed by atoms with E-state index in [-0.39, 0.29) is 18.2 Å². The van der Waals surface area contributed by atoms with Crippen LogP contribution in [0, 0.1) is 0 Å². The highest BCUT2D eigenvalue weighted by atomic mass is 16.6. The molecule has 4 aliphatic rings. The number of likely N-dealkylation sites (tertiary alicyclic amines) is 1. The smallest absolute Gasteiger partial charge is 0.357 e. The van der Waals surface area contributed by atoms with E-state index in [2.05, 4.69) is 4.90 Å². The number of aliphatic hydroxyl groups is 1. The van der Waals surface area contributed by atoms with E-state index in [1.54, 1.807) is 6.07 Å². The molecule has 1 saturated heterocycles. The SMILES string of the molecule is COc1ccc2c3c1O[C@H]1C(OC(=O)[C@H](OC(C)=O)[C@@H](OC(C)=O)C(=O)O[C@@H](CC(=O)O)C(=O)O)=CC[C@@]4(O)[C@H](C2)N(C)CC[C@]314. The number of carboxylic acid groups (broad SMARTS) is 2. The van der Waals surface area contributed by atoms with Crippen LogP contribution in [0.2, 0.25) is 0 Å². The van der Waals surface area contributed by atoms with Gasteiger partial charge in [0.2, 0.25) is 18.3 Å². The first-order valence-electron chi connectivity index (χ1n) is 14.4. The maximum absolute atomic E-state index is 13.7. The van der Waals surface area contributed by atoms with E-state index in [0.29, 0.717) is 30.9 Å². The maximum Gasteiger partial charge on any atom is 0.357 e. The lowest BCUT2D eigenvalue weighted by Crippen LogP contribution is -2.74. The lowest BCUT2D eigenvalue weighted by atomic mass is 9.50. The molecular formula is C30H33NO15. The predicted molar refractivity (Wildman–Crippen MR) is 148 cm³/mol. The Balaban J connectivity index is 1.51. The highest BCUT2D eigenvalue weighted by Gasteiger charge is 2.72. The Bertz CT molecular complexity index is 1540. The fraction of sp³-hybridized carbons (Fsp3) is 0.533. The van der Waals surface area contributed by atoms with E-state index in [1.165, 1.54) is 13.2 Å². The van der Waals surface area contributed by atoms with Crippen molar-refractivity contribution < 1.29 is 72.5 Å². The molecule has 16 nitrogen and oxygen atoms in total. The van der Waals surface area contributed by atoms with E-state index in [9.17, 15) is 39.0 Å². The summed E-state index contributed by atoms with van der Waals surface area (Å²) in [7, 11) is 3.38. The number of esters is 4. The van der Waals surface area contributed by atoms with Crippen molar-refractivity contribution in [3.63, 3.8) is 0 Å². The van der Waals surface area contributed by atoms with Gasteiger partial charge in [0.1, 0.15) is 5.76 Å². The topological polar surface area (TPSA) is 222 Å². The number of carboxylic acids is 2. The number of hydrogen-bond donors (Lipinski definition) is 3. The van der Waals surface area contributed by atoms with E-state index >= 15 is 0 Å². The van der Waals surface area contributed by atoms with Crippen molar-refractivity contribution in [2.45, 2.75) is 81.0 Å². The van der Waals surface area contributed by atoms with Gasteiger partial charge >= 0.3 is 35.8 Å². The second-order valence-electron chi connectivity index (χ2n) is 11.6. The van der Waals surface area contributed by atoms with E-state index in [1.807, 2.05) is 13.1 Å². The van der Waals surface area contributed by atoms with E-state index in [0.717, 1.165) is 25.0 Å². The molecule has 1 aromatic rings. The summed E-state index contributed by atoms with van der Waals surface area (Å²) in [6, 6.07) is 3.35. The van der Waals surface area contributed by atoms with Gasteiger partial charge in [-0.25, -0.2) is 14.4 Å². The first kappa shape index (κ1) is 32.7. The number of benzene rings is 1. The van der Waals surface area contributed by atoms with Gasteiger partial charge in [-0.15, -0.1) is 0 Å². The third kappa shape index (κ3) is 5.20. The summed E-state index contributed by atoms with van der Waals surface area (Å²) < 4.78 is 32.4. The lowest BCUT2D eigenvalue weighted by molar-refractivity contribution is -0.195. The summed E-state index contributed by atoms with van der Waals surface area (Å²) in [5, 5.41) is 30.7. The van der Waals surface area contributed by atoms with Crippen molar-refractivity contribution in [3.8, 4) is 11.5 Å². The molecule has 0 unspecified atom stereocenters. The number of carbonyl (C=O) groups is 6. The Morgan fingerprint density at radius 1 is 1.02 bits per heavy atom. The van der Waals surface area contributed by atoms with Crippen LogP contribution >= 0.6 is 0 Å². The van der Waals surface area contributed by atoms with Crippen LogP contribution in [0.25, 0.3) is 0 Å². The molecule has 248 valence electrons. The average Bonchev–Trinajstić information content (AvgIpc) is 3.33. The fourth-order valence-corrected chi connectivity index (χ4v) is 7.13. The summed E-state index contributed by atoms with van der Waals surface area (Å²) in [5.74, 6) is -8.10. The molecule has 2 aliphatic carbocycles. The molecule has 46 heavy (non-hydrogen) atoms. The number of carbonyl (C=O) groups excluding carboxylic acids is 4. The van der Waals surface area contributed by atoms with Gasteiger partial charge in [0.25, 0.3) is 0 Å². The normalized spacial score (nSPS) is 27.4. The Morgan fingerprint density at radius 2 is 1.67 bits per heavy atom. The Morgan fingerprint density at radius 3 is 2.26 bits per heavy atom. The van der Waals surface area contributed by atoms with Crippen LogP contribution in [0.1, 0.15) is 44.2 Å². The molecule has 7 atom stereocenters. The molecule has 2 aliphatic heterocycles. The molecule has 0 amide bonds. The van der Waals surface area contributed by atoms with Gasteiger partial charge in [0.05, 0.1) is 24.5 Å². The van der Waals surface area contributed by atoms with Gasteiger partial charge in [0.15, 0.2) is 17.6 Å². The number of nitrogens with zero attached hydrogens (tertiary/aromatic N) is 1. The minimum Gasteiger partial charge on any atom is -0.493 e. The number of piperidine rings is 1.